The third-order valence-electron chi connectivity index (χ3n) is 3.42. The van der Waals surface area contributed by atoms with E-state index in [1.807, 2.05) is 6.92 Å². The predicted octanol–water partition coefficient (Wildman–Crippen LogP) is 2.06. The van der Waals surface area contributed by atoms with Gasteiger partial charge in [-0.15, -0.1) is 0 Å². The highest BCUT2D eigenvalue weighted by atomic mass is 19.1. The molecule has 1 aliphatic heterocycles. The van der Waals surface area contributed by atoms with Crippen molar-refractivity contribution in [1.82, 2.24) is 15.1 Å². The molecule has 0 unspecified atom stereocenters. The van der Waals surface area contributed by atoms with E-state index in [4.69, 9.17) is 0 Å². The van der Waals surface area contributed by atoms with Crippen LogP contribution in [0.5, 0.6) is 0 Å². The maximum absolute atomic E-state index is 12.8. The van der Waals surface area contributed by atoms with Gasteiger partial charge in [-0.05, 0) is 31.2 Å². The molecular formula is C14H15FN4O. The van der Waals surface area contributed by atoms with Crippen molar-refractivity contribution in [3.8, 4) is 0 Å². The van der Waals surface area contributed by atoms with E-state index in [1.165, 1.54) is 28.9 Å². The molecule has 0 saturated heterocycles. The molecule has 6 heteroatoms. The number of hydrogen-bond acceptors (Lipinski definition) is 3. The summed E-state index contributed by atoms with van der Waals surface area (Å²) < 4.78 is 14.2. The molecule has 1 amide bonds. The number of fused-ring (bicyclic) bond motifs is 1. The van der Waals surface area contributed by atoms with E-state index >= 15 is 0 Å². The van der Waals surface area contributed by atoms with Gasteiger partial charge in [0.05, 0.1) is 11.4 Å². The molecule has 0 spiro atoms. The average Bonchev–Trinajstić information content (AvgIpc) is 2.79. The molecule has 0 aliphatic carbocycles. The van der Waals surface area contributed by atoms with Crippen LogP contribution in [0.3, 0.4) is 0 Å². The van der Waals surface area contributed by atoms with Crippen molar-refractivity contribution >= 4 is 11.7 Å². The normalized spacial score (nSPS) is 13.9. The number of benzene rings is 1. The molecule has 2 aromatic rings. The van der Waals surface area contributed by atoms with Gasteiger partial charge in [0.2, 0.25) is 0 Å². The minimum absolute atomic E-state index is 0.317. The van der Waals surface area contributed by atoms with Gasteiger partial charge in [0.25, 0.3) is 0 Å². The monoisotopic (exact) mass is 274 g/mol. The first-order chi connectivity index (χ1) is 9.65. The van der Waals surface area contributed by atoms with Crippen LogP contribution in [0.15, 0.2) is 24.3 Å². The first kappa shape index (κ1) is 12.8. The van der Waals surface area contributed by atoms with Crippen molar-refractivity contribution in [2.24, 2.45) is 0 Å². The maximum Gasteiger partial charge on any atom is 0.346 e. The third-order valence-corrected chi connectivity index (χ3v) is 3.42. The minimum Gasteiger partial charge on any atom is -0.312 e. The van der Waals surface area contributed by atoms with E-state index in [0.29, 0.717) is 5.69 Å². The number of rotatable bonds is 1. The van der Waals surface area contributed by atoms with Crippen molar-refractivity contribution in [3.63, 3.8) is 0 Å². The standard InChI is InChI=1S/C14H15FN4O/c1-9-12-8-16-7-6-13(12)19(18-9)14(20)17-11-4-2-10(15)3-5-11/h2-5,16H,6-8H2,1H3,(H,17,20). The largest absolute Gasteiger partial charge is 0.346 e. The molecule has 104 valence electrons. The van der Waals surface area contributed by atoms with E-state index in [1.54, 1.807) is 0 Å². The predicted molar refractivity (Wildman–Crippen MR) is 73.2 cm³/mol. The molecule has 0 saturated carbocycles. The van der Waals surface area contributed by atoms with E-state index in [9.17, 15) is 9.18 Å². The smallest absolute Gasteiger partial charge is 0.312 e. The average molecular weight is 274 g/mol. The van der Waals surface area contributed by atoms with Crippen molar-refractivity contribution in [1.29, 1.82) is 0 Å². The second kappa shape index (κ2) is 5.05. The Morgan fingerprint density at radius 1 is 1.40 bits per heavy atom. The van der Waals surface area contributed by atoms with E-state index < -0.39 is 0 Å². The molecule has 3 rings (SSSR count). The van der Waals surface area contributed by atoms with Crippen LogP contribution >= 0.6 is 0 Å². The maximum atomic E-state index is 12.8. The molecule has 1 aromatic carbocycles. The minimum atomic E-state index is -0.332. The van der Waals surface area contributed by atoms with Crippen LogP contribution in [-0.4, -0.2) is 22.4 Å². The molecule has 2 heterocycles. The summed E-state index contributed by atoms with van der Waals surface area (Å²) in [6, 6.07) is 5.35. The molecule has 0 fully saturated rings. The first-order valence-corrected chi connectivity index (χ1v) is 6.50. The number of aromatic nitrogens is 2. The Hall–Kier alpha value is -2.21. The van der Waals surface area contributed by atoms with Crippen molar-refractivity contribution in [2.45, 2.75) is 19.9 Å². The Morgan fingerprint density at radius 3 is 2.90 bits per heavy atom. The second-order valence-corrected chi connectivity index (χ2v) is 4.79. The molecule has 0 bridgehead atoms. The topological polar surface area (TPSA) is 59.0 Å². The summed E-state index contributed by atoms with van der Waals surface area (Å²) in [7, 11) is 0. The molecule has 1 aromatic heterocycles. The molecule has 1 aliphatic rings. The zero-order valence-corrected chi connectivity index (χ0v) is 11.1. The number of amides is 1. The summed E-state index contributed by atoms with van der Waals surface area (Å²) in [5.41, 5.74) is 3.44. The van der Waals surface area contributed by atoms with E-state index in [-0.39, 0.29) is 11.8 Å². The van der Waals surface area contributed by atoms with E-state index in [2.05, 4.69) is 15.7 Å². The molecule has 0 atom stereocenters. The Kier molecular flexibility index (Phi) is 3.23. The number of hydrogen-bond donors (Lipinski definition) is 2. The number of carbonyl (C=O) groups excluding carboxylic acids is 1. The SMILES string of the molecule is Cc1nn(C(=O)Nc2ccc(F)cc2)c2c1CNCC2. The molecule has 0 radical (unpaired) electrons. The van der Waals surface area contributed by atoms with Gasteiger partial charge in [-0.2, -0.15) is 9.78 Å². The number of nitrogens with one attached hydrogen (secondary N) is 2. The quantitative estimate of drug-likeness (QED) is 0.836. The number of halogens is 1. The zero-order valence-electron chi connectivity index (χ0n) is 11.1. The van der Waals surface area contributed by atoms with Gasteiger partial charge < -0.3 is 10.6 Å². The Labute approximate surface area is 115 Å². The Balaban J connectivity index is 1.86. The summed E-state index contributed by atoms with van der Waals surface area (Å²) in [6.07, 6.45) is 0.771. The summed E-state index contributed by atoms with van der Waals surface area (Å²) >= 11 is 0. The first-order valence-electron chi connectivity index (χ1n) is 6.50. The highest BCUT2D eigenvalue weighted by Crippen LogP contribution is 2.18. The fourth-order valence-electron chi connectivity index (χ4n) is 2.39. The Morgan fingerprint density at radius 2 is 2.15 bits per heavy atom. The summed E-state index contributed by atoms with van der Waals surface area (Å²) in [4.78, 5) is 12.3. The van der Waals surface area contributed by atoms with Gasteiger partial charge in [-0.3, -0.25) is 0 Å². The molecule has 5 nitrogen and oxygen atoms in total. The number of aryl methyl sites for hydroxylation is 1. The lowest BCUT2D eigenvalue weighted by Gasteiger charge is -2.15. The lowest BCUT2D eigenvalue weighted by atomic mass is 10.1. The number of nitrogens with zero attached hydrogens (tertiary/aromatic N) is 2. The number of anilines is 1. The van der Waals surface area contributed by atoms with Gasteiger partial charge in [-0.1, -0.05) is 0 Å². The van der Waals surface area contributed by atoms with E-state index in [0.717, 1.165) is 36.5 Å². The summed E-state index contributed by atoms with van der Waals surface area (Å²) in [6.45, 7) is 3.47. The van der Waals surface area contributed by atoms with Gasteiger partial charge >= 0.3 is 6.03 Å². The van der Waals surface area contributed by atoms with Crippen LogP contribution < -0.4 is 10.6 Å². The fourth-order valence-corrected chi connectivity index (χ4v) is 2.39. The van der Waals surface area contributed by atoms with Crippen molar-refractivity contribution in [2.75, 3.05) is 11.9 Å². The third kappa shape index (κ3) is 2.30. The van der Waals surface area contributed by atoms with Gasteiger partial charge in [0.1, 0.15) is 5.82 Å². The van der Waals surface area contributed by atoms with Crippen molar-refractivity contribution in [3.05, 3.63) is 47.0 Å². The van der Waals surface area contributed by atoms with Gasteiger partial charge in [0.15, 0.2) is 0 Å². The Bertz CT molecular complexity index is 648. The van der Waals surface area contributed by atoms with Crippen LogP contribution in [0.25, 0.3) is 0 Å². The van der Waals surface area contributed by atoms with Gasteiger partial charge in [0, 0.05) is 30.8 Å². The number of carbonyl (C=O) groups is 1. The lowest BCUT2D eigenvalue weighted by molar-refractivity contribution is 0.250. The van der Waals surface area contributed by atoms with Crippen LogP contribution in [0.1, 0.15) is 17.0 Å². The van der Waals surface area contributed by atoms with Gasteiger partial charge in [-0.25, -0.2) is 9.18 Å². The molecule has 2 N–H and O–H groups in total. The summed E-state index contributed by atoms with van der Waals surface area (Å²) in [5.74, 6) is -0.332. The zero-order chi connectivity index (χ0) is 14.1. The van der Waals surface area contributed by atoms with Crippen LogP contribution in [0.4, 0.5) is 14.9 Å². The van der Waals surface area contributed by atoms with Crippen LogP contribution in [0, 0.1) is 12.7 Å². The second-order valence-electron chi connectivity index (χ2n) is 4.79. The van der Waals surface area contributed by atoms with Crippen LogP contribution in [0.2, 0.25) is 0 Å². The highest BCUT2D eigenvalue weighted by molar-refractivity contribution is 5.91. The molecular weight excluding hydrogens is 259 g/mol. The van der Waals surface area contributed by atoms with Crippen molar-refractivity contribution < 1.29 is 9.18 Å². The molecule has 20 heavy (non-hydrogen) atoms. The highest BCUT2D eigenvalue weighted by Gasteiger charge is 2.21. The lowest BCUT2D eigenvalue weighted by Crippen LogP contribution is -2.28. The fraction of sp³-hybridized carbons (Fsp3) is 0.286. The van der Waals surface area contributed by atoms with Crippen LogP contribution in [-0.2, 0) is 13.0 Å². The summed E-state index contributed by atoms with van der Waals surface area (Å²) in [5, 5.41) is 10.3.